The lowest BCUT2D eigenvalue weighted by atomic mass is 10.3. The Hall–Kier alpha value is -2.03. The Morgan fingerprint density at radius 3 is 2.79 bits per heavy atom. The average Bonchev–Trinajstić information content (AvgIpc) is 2.79. The zero-order valence-electron chi connectivity index (χ0n) is 10.6. The van der Waals surface area contributed by atoms with Gasteiger partial charge in [-0.2, -0.15) is 0 Å². The monoisotopic (exact) mass is 280 g/mol. The van der Waals surface area contributed by atoms with Crippen molar-refractivity contribution in [1.82, 2.24) is 25.2 Å². The summed E-state index contributed by atoms with van der Waals surface area (Å²) in [4.78, 5) is 14.3. The van der Waals surface area contributed by atoms with Crippen LogP contribution in [0, 0.1) is 17.0 Å². The van der Waals surface area contributed by atoms with E-state index in [0.29, 0.717) is 10.2 Å². The maximum Gasteiger partial charge on any atom is 0.287 e. The molecule has 0 radical (unpaired) electrons. The van der Waals surface area contributed by atoms with E-state index in [2.05, 4.69) is 20.5 Å². The summed E-state index contributed by atoms with van der Waals surface area (Å²) in [6.45, 7) is 5.71. The molecule has 0 aromatic carbocycles. The molecule has 2 rings (SSSR count). The number of nitrogens with zero attached hydrogens (tertiary/aromatic N) is 6. The Kier molecular flexibility index (Phi) is 3.74. The van der Waals surface area contributed by atoms with Crippen molar-refractivity contribution in [2.45, 2.75) is 37.0 Å². The summed E-state index contributed by atoms with van der Waals surface area (Å²) in [5.41, 5.74) is 0.697. The van der Waals surface area contributed by atoms with Crippen LogP contribution >= 0.6 is 11.8 Å². The number of hydrogen-bond donors (Lipinski definition) is 0. The van der Waals surface area contributed by atoms with Crippen LogP contribution in [0.15, 0.2) is 22.4 Å². The molecule has 9 heteroatoms. The fourth-order valence-corrected chi connectivity index (χ4v) is 2.33. The highest BCUT2D eigenvalue weighted by atomic mass is 32.2. The predicted molar refractivity (Wildman–Crippen MR) is 68.0 cm³/mol. The summed E-state index contributed by atoms with van der Waals surface area (Å²) in [6.07, 6.45) is 1.23. The fraction of sp³-hybridized carbons (Fsp3) is 0.400. The SMILES string of the molecule is Cc1cc([N+](=O)[O-])cnc1Sc1nnnn1C(C)C. The molecule has 0 unspecified atom stereocenters. The van der Waals surface area contributed by atoms with Crippen molar-refractivity contribution in [1.29, 1.82) is 0 Å². The van der Waals surface area contributed by atoms with Crippen molar-refractivity contribution in [3.8, 4) is 0 Å². The van der Waals surface area contributed by atoms with Crippen molar-refractivity contribution in [2.75, 3.05) is 0 Å². The average molecular weight is 280 g/mol. The van der Waals surface area contributed by atoms with Crippen LogP contribution in [0.4, 0.5) is 5.69 Å². The predicted octanol–water partition coefficient (Wildman–Crippen LogP) is 2.02. The molecule has 0 saturated heterocycles. The minimum absolute atomic E-state index is 0.0229. The van der Waals surface area contributed by atoms with Gasteiger partial charge in [-0.25, -0.2) is 9.67 Å². The third-order valence-corrected chi connectivity index (χ3v) is 3.44. The van der Waals surface area contributed by atoms with Gasteiger partial charge in [0, 0.05) is 6.07 Å². The van der Waals surface area contributed by atoms with Crippen LogP contribution in [0.2, 0.25) is 0 Å². The smallest absolute Gasteiger partial charge is 0.258 e. The summed E-state index contributed by atoms with van der Waals surface area (Å²) >= 11 is 1.29. The molecule has 0 saturated carbocycles. The molecule has 0 atom stereocenters. The highest BCUT2D eigenvalue weighted by Gasteiger charge is 2.15. The van der Waals surface area contributed by atoms with E-state index < -0.39 is 4.92 Å². The minimum Gasteiger partial charge on any atom is -0.258 e. The number of rotatable bonds is 4. The number of hydrogen-bond acceptors (Lipinski definition) is 7. The number of nitro groups is 1. The van der Waals surface area contributed by atoms with Gasteiger partial charge in [0.2, 0.25) is 5.16 Å². The number of aromatic nitrogens is 5. The van der Waals surface area contributed by atoms with Crippen molar-refractivity contribution >= 4 is 17.4 Å². The first-order chi connectivity index (χ1) is 8.99. The van der Waals surface area contributed by atoms with Crippen LogP contribution in [0.3, 0.4) is 0 Å². The largest absolute Gasteiger partial charge is 0.287 e. The molecule has 0 N–H and O–H groups in total. The van der Waals surface area contributed by atoms with E-state index in [1.54, 1.807) is 11.6 Å². The van der Waals surface area contributed by atoms with Crippen LogP contribution in [-0.2, 0) is 0 Å². The van der Waals surface area contributed by atoms with E-state index in [1.807, 2.05) is 13.8 Å². The second-order valence-corrected chi connectivity index (χ2v) is 5.13. The van der Waals surface area contributed by atoms with Crippen molar-refractivity contribution in [2.24, 2.45) is 0 Å². The molecule has 0 bridgehead atoms. The standard InChI is InChI=1S/C10H12N6O2S/c1-6(2)15-10(12-13-14-15)19-9-7(3)4-8(5-11-9)16(17)18/h4-6H,1-3H3. The van der Waals surface area contributed by atoms with E-state index in [0.717, 1.165) is 5.56 Å². The lowest BCUT2D eigenvalue weighted by molar-refractivity contribution is -0.385. The van der Waals surface area contributed by atoms with Gasteiger partial charge in [0.1, 0.15) is 11.2 Å². The van der Waals surface area contributed by atoms with E-state index in [1.165, 1.54) is 24.0 Å². The molecule has 0 aliphatic carbocycles. The highest BCUT2D eigenvalue weighted by molar-refractivity contribution is 7.99. The van der Waals surface area contributed by atoms with Crippen molar-refractivity contribution in [3.05, 3.63) is 27.9 Å². The van der Waals surface area contributed by atoms with Crippen molar-refractivity contribution in [3.63, 3.8) is 0 Å². The van der Waals surface area contributed by atoms with E-state index >= 15 is 0 Å². The lowest BCUT2D eigenvalue weighted by Gasteiger charge is -2.07. The van der Waals surface area contributed by atoms with Gasteiger partial charge in [-0.1, -0.05) is 0 Å². The normalized spacial score (nSPS) is 10.9. The zero-order chi connectivity index (χ0) is 14.0. The summed E-state index contributed by atoms with van der Waals surface area (Å²) in [5, 5.41) is 23.3. The van der Waals surface area contributed by atoms with Gasteiger partial charge in [-0.3, -0.25) is 10.1 Å². The first-order valence-electron chi connectivity index (χ1n) is 5.55. The summed E-state index contributed by atoms with van der Waals surface area (Å²) in [6, 6.07) is 1.62. The summed E-state index contributed by atoms with van der Waals surface area (Å²) in [7, 11) is 0. The first kappa shape index (κ1) is 13.4. The second-order valence-electron chi connectivity index (χ2n) is 4.17. The molecule has 19 heavy (non-hydrogen) atoms. The number of pyridine rings is 1. The maximum atomic E-state index is 10.6. The fourth-order valence-electron chi connectivity index (χ4n) is 1.42. The highest BCUT2D eigenvalue weighted by Crippen LogP contribution is 2.29. The van der Waals surface area contributed by atoms with Gasteiger partial charge in [0.15, 0.2) is 0 Å². The third kappa shape index (κ3) is 2.87. The molecule has 2 heterocycles. The molecule has 8 nitrogen and oxygen atoms in total. The van der Waals surface area contributed by atoms with Crippen LogP contribution in [-0.4, -0.2) is 30.1 Å². The maximum absolute atomic E-state index is 10.6. The van der Waals surface area contributed by atoms with Crippen LogP contribution < -0.4 is 0 Å². The molecule has 100 valence electrons. The molecule has 0 aliphatic heterocycles. The van der Waals surface area contributed by atoms with Gasteiger partial charge in [-0.15, -0.1) is 5.10 Å². The second kappa shape index (κ2) is 5.31. The Morgan fingerprint density at radius 2 is 2.21 bits per heavy atom. The molecule has 2 aromatic heterocycles. The topological polar surface area (TPSA) is 99.6 Å². The molecule has 0 amide bonds. The van der Waals surface area contributed by atoms with Gasteiger partial charge in [0.05, 0.1) is 11.0 Å². The summed E-state index contributed by atoms with van der Waals surface area (Å²) < 4.78 is 1.67. The lowest BCUT2D eigenvalue weighted by Crippen LogP contribution is -2.05. The van der Waals surface area contributed by atoms with Crippen LogP contribution in [0.1, 0.15) is 25.5 Å². The zero-order valence-corrected chi connectivity index (χ0v) is 11.5. The van der Waals surface area contributed by atoms with E-state index in [4.69, 9.17) is 0 Å². The number of aryl methyl sites for hydroxylation is 1. The van der Waals surface area contributed by atoms with E-state index in [-0.39, 0.29) is 11.7 Å². The van der Waals surface area contributed by atoms with Gasteiger partial charge in [-0.05, 0) is 48.5 Å². The third-order valence-electron chi connectivity index (χ3n) is 2.37. The number of tetrazole rings is 1. The molecular weight excluding hydrogens is 268 g/mol. The molecule has 2 aromatic rings. The van der Waals surface area contributed by atoms with Gasteiger partial charge >= 0.3 is 0 Å². The van der Waals surface area contributed by atoms with Crippen LogP contribution in [0.25, 0.3) is 0 Å². The Morgan fingerprint density at radius 1 is 1.47 bits per heavy atom. The van der Waals surface area contributed by atoms with Crippen molar-refractivity contribution < 1.29 is 4.92 Å². The first-order valence-corrected chi connectivity index (χ1v) is 6.37. The van der Waals surface area contributed by atoms with Gasteiger partial charge < -0.3 is 0 Å². The molecular formula is C10H12N6O2S. The minimum atomic E-state index is -0.466. The van der Waals surface area contributed by atoms with E-state index in [9.17, 15) is 10.1 Å². The Bertz CT molecular complexity index is 612. The van der Waals surface area contributed by atoms with Crippen LogP contribution in [0.5, 0.6) is 0 Å². The molecule has 0 spiro atoms. The molecule has 0 fully saturated rings. The van der Waals surface area contributed by atoms with Gasteiger partial charge in [0.25, 0.3) is 5.69 Å². The Labute approximate surface area is 113 Å². The Balaban J connectivity index is 2.28. The quantitative estimate of drug-likeness (QED) is 0.623. The molecule has 0 aliphatic rings. The summed E-state index contributed by atoms with van der Waals surface area (Å²) in [5.74, 6) is 0.